The summed E-state index contributed by atoms with van der Waals surface area (Å²) in [6.45, 7) is 5.18. The largest absolute Gasteiger partial charge is 0.468 e. The third-order valence-corrected chi connectivity index (χ3v) is 3.62. The molecule has 0 amide bonds. The van der Waals surface area contributed by atoms with Crippen LogP contribution in [0.2, 0.25) is 0 Å². The van der Waals surface area contributed by atoms with E-state index in [0.29, 0.717) is 13.0 Å². The van der Waals surface area contributed by atoms with Crippen LogP contribution >= 0.6 is 0 Å². The van der Waals surface area contributed by atoms with E-state index >= 15 is 0 Å². The minimum Gasteiger partial charge on any atom is -0.468 e. The van der Waals surface area contributed by atoms with E-state index in [4.69, 9.17) is 4.74 Å². The lowest BCUT2D eigenvalue weighted by Crippen LogP contribution is -2.50. The second-order valence-electron chi connectivity index (χ2n) is 4.88. The second-order valence-corrected chi connectivity index (χ2v) is 4.88. The van der Waals surface area contributed by atoms with Crippen LogP contribution in [0.4, 0.5) is 10.1 Å². The van der Waals surface area contributed by atoms with Gasteiger partial charge in [-0.15, -0.1) is 0 Å². The Bertz CT molecular complexity index is 453. The van der Waals surface area contributed by atoms with E-state index in [2.05, 4.69) is 5.32 Å². The van der Waals surface area contributed by atoms with Crippen LogP contribution in [0, 0.1) is 5.82 Å². The highest BCUT2D eigenvalue weighted by atomic mass is 19.1. The molecule has 1 N–H and O–H groups in total. The number of rotatable bonds is 7. The number of likely N-dealkylation sites (N-methyl/N-ethyl adjacent to an activating group) is 1. The number of hydrogen-bond donors (Lipinski definition) is 1. The molecule has 5 heteroatoms. The Balaban J connectivity index is 2.77. The number of anilines is 1. The molecule has 0 radical (unpaired) electrons. The van der Waals surface area contributed by atoms with Crippen molar-refractivity contribution >= 4 is 11.7 Å². The third kappa shape index (κ3) is 3.93. The first-order chi connectivity index (χ1) is 9.46. The molecule has 1 atom stereocenters. The number of halogens is 1. The van der Waals surface area contributed by atoms with Crippen LogP contribution in [-0.4, -0.2) is 38.8 Å². The SMILES string of the molecule is CCN(CCC(C)(NC)C(=O)OC)c1cccc(F)c1. The Morgan fingerprint density at radius 3 is 2.70 bits per heavy atom. The van der Waals surface area contributed by atoms with Crippen LogP contribution in [0.25, 0.3) is 0 Å². The zero-order valence-corrected chi connectivity index (χ0v) is 12.6. The molecular weight excluding hydrogens is 259 g/mol. The number of nitrogens with zero attached hydrogens (tertiary/aromatic N) is 1. The predicted octanol–water partition coefficient (Wildman–Crippen LogP) is 2.19. The zero-order valence-electron chi connectivity index (χ0n) is 12.6. The number of carbonyl (C=O) groups excluding carboxylic acids is 1. The first-order valence-electron chi connectivity index (χ1n) is 6.74. The summed E-state index contributed by atoms with van der Waals surface area (Å²) >= 11 is 0. The topological polar surface area (TPSA) is 41.6 Å². The third-order valence-electron chi connectivity index (χ3n) is 3.62. The highest BCUT2D eigenvalue weighted by Crippen LogP contribution is 2.19. The quantitative estimate of drug-likeness (QED) is 0.778. The molecule has 0 bridgehead atoms. The van der Waals surface area contributed by atoms with Gasteiger partial charge in [-0.25, -0.2) is 4.39 Å². The number of methoxy groups -OCH3 is 1. The number of ether oxygens (including phenoxy) is 1. The van der Waals surface area contributed by atoms with E-state index < -0.39 is 5.54 Å². The van der Waals surface area contributed by atoms with Crippen LogP contribution in [0.1, 0.15) is 20.3 Å². The predicted molar refractivity (Wildman–Crippen MR) is 78.4 cm³/mol. The molecule has 0 aromatic heterocycles. The van der Waals surface area contributed by atoms with Gasteiger partial charge in [0.25, 0.3) is 0 Å². The number of carbonyl (C=O) groups is 1. The summed E-state index contributed by atoms with van der Waals surface area (Å²) in [5, 5.41) is 3.00. The molecule has 1 aromatic carbocycles. The van der Waals surface area contributed by atoms with Crippen molar-refractivity contribution in [2.24, 2.45) is 0 Å². The van der Waals surface area contributed by atoms with Gasteiger partial charge in [0, 0.05) is 18.8 Å². The van der Waals surface area contributed by atoms with Gasteiger partial charge in [0.2, 0.25) is 0 Å². The van der Waals surface area contributed by atoms with Gasteiger partial charge in [-0.3, -0.25) is 4.79 Å². The molecule has 0 saturated heterocycles. The molecule has 0 saturated carbocycles. The van der Waals surface area contributed by atoms with Crippen LogP contribution in [0.15, 0.2) is 24.3 Å². The number of nitrogens with one attached hydrogen (secondary N) is 1. The molecule has 0 heterocycles. The van der Waals surface area contributed by atoms with E-state index in [9.17, 15) is 9.18 Å². The van der Waals surface area contributed by atoms with Crippen molar-refractivity contribution in [1.82, 2.24) is 5.32 Å². The van der Waals surface area contributed by atoms with E-state index in [1.165, 1.54) is 19.2 Å². The summed E-state index contributed by atoms with van der Waals surface area (Å²) in [6.07, 6.45) is 0.570. The Labute approximate surface area is 119 Å². The summed E-state index contributed by atoms with van der Waals surface area (Å²) in [5.74, 6) is -0.555. The van der Waals surface area contributed by atoms with Crippen LogP contribution in [0.5, 0.6) is 0 Å². The van der Waals surface area contributed by atoms with Gasteiger partial charge in [-0.1, -0.05) is 6.07 Å². The standard InChI is InChI=1S/C15H23FN2O2/c1-5-18(13-8-6-7-12(16)11-13)10-9-15(2,17-3)14(19)20-4/h6-8,11,17H,5,9-10H2,1-4H3. The second kappa shape index (κ2) is 7.24. The van der Waals surface area contributed by atoms with Crippen molar-refractivity contribution < 1.29 is 13.9 Å². The fourth-order valence-corrected chi connectivity index (χ4v) is 2.06. The van der Waals surface area contributed by atoms with Gasteiger partial charge in [-0.05, 0) is 45.5 Å². The van der Waals surface area contributed by atoms with Crippen molar-refractivity contribution in [2.75, 3.05) is 32.1 Å². The van der Waals surface area contributed by atoms with Crippen molar-refractivity contribution in [3.63, 3.8) is 0 Å². The molecule has 0 aliphatic heterocycles. The Morgan fingerprint density at radius 2 is 2.20 bits per heavy atom. The van der Waals surface area contributed by atoms with E-state index in [1.54, 1.807) is 20.0 Å². The van der Waals surface area contributed by atoms with Crippen molar-refractivity contribution in [1.29, 1.82) is 0 Å². The summed E-state index contributed by atoms with van der Waals surface area (Å²) < 4.78 is 18.1. The lowest BCUT2D eigenvalue weighted by Gasteiger charge is -2.30. The molecule has 0 aliphatic carbocycles. The lowest BCUT2D eigenvalue weighted by atomic mass is 9.98. The first-order valence-corrected chi connectivity index (χ1v) is 6.74. The van der Waals surface area contributed by atoms with Crippen LogP contribution in [-0.2, 0) is 9.53 Å². The molecule has 1 unspecified atom stereocenters. The molecule has 1 rings (SSSR count). The van der Waals surface area contributed by atoms with Crippen molar-refractivity contribution in [3.05, 3.63) is 30.1 Å². The molecule has 0 spiro atoms. The number of hydrogen-bond acceptors (Lipinski definition) is 4. The van der Waals surface area contributed by atoms with E-state index in [-0.39, 0.29) is 11.8 Å². The van der Waals surface area contributed by atoms with E-state index in [0.717, 1.165) is 12.2 Å². The summed E-state index contributed by atoms with van der Waals surface area (Å²) in [5.41, 5.74) is 0.0750. The normalized spacial score (nSPS) is 13.7. The van der Waals surface area contributed by atoms with E-state index in [1.807, 2.05) is 17.9 Å². The van der Waals surface area contributed by atoms with Gasteiger partial charge >= 0.3 is 5.97 Å². The number of benzene rings is 1. The fourth-order valence-electron chi connectivity index (χ4n) is 2.06. The maximum absolute atomic E-state index is 13.3. The van der Waals surface area contributed by atoms with Crippen molar-refractivity contribution in [2.45, 2.75) is 25.8 Å². The minimum absolute atomic E-state index is 0.259. The molecule has 1 aromatic rings. The van der Waals surface area contributed by atoms with Gasteiger partial charge in [0.15, 0.2) is 0 Å². The summed E-state index contributed by atoms with van der Waals surface area (Å²) in [6, 6.07) is 6.47. The molecule has 0 fully saturated rings. The van der Waals surface area contributed by atoms with Crippen molar-refractivity contribution in [3.8, 4) is 0 Å². The monoisotopic (exact) mass is 282 g/mol. The maximum Gasteiger partial charge on any atom is 0.325 e. The van der Waals surface area contributed by atoms with Gasteiger partial charge in [0.1, 0.15) is 11.4 Å². The average Bonchev–Trinajstić information content (AvgIpc) is 2.46. The smallest absolute Gasteiger partial charge is 0.325 e. The maximum atomic E-state index is 13.3. The lowest BCUT2D eigenvalue weighted by molar-refractivity contribution is -0.147. The van der Waals surface area contributed by atoms with Crippen LogP contribution in [0.3, 0.4) is 0 Å². The first kappa shape index (κ1) is 16.4. The molecule has 20 heavy (non-hydrogen) atoms. The van der Waals surface area contributed by atoms with Gasteiger partial charge < -0.3 is 15.0 Å². The number of esters is 1. The zero-order chi connectivity index (χ0) is 15.2. The minimum atomic E-state index is -0.741. The highest BCUT2D eigenvalue weighted by Gasteiger charge is 2.32. The highest BCUT2D eigenvalue weighted by molar-refractivity contribution is 5.80. The molecular formula is C15H23FN2O2. The molecule has 112 valence electrons. The van der Waals surface area contributed by atoms with Crippen LogP contribution < -0.4 is 10.2 Å². The van der Waals surface area contributed by atoms with Gasteiger partial charge in [-0.2, -0.15) is 0 Å². The summed E-state index contributed by atoms with van der Waals surface area (Å²) in [7, 11) is 3.11. The fraction of sp³-hybridized carbons (Fsp3) is 0.533. The van der Waals surface area contributed by atoms with Gasteiger partial charge in [0.05, 0.1) is 7.11 Å². The molecule has 4 nitrogen and oxygen atoms in total. The Hall–Kier alpha value is -1.62. The summed E-state index contributed by atoms with van der Waals surface area (Å²) in [4.78, 5) is 13.8. The Morgan fingerprint density at radius 1 is 1.50 bits per heavy atom. The Kier molecular flexibility index (Phi) is 5.95. The average molecular weight is 282 g/mol. The molecule has 0 aliphatic rings.